The van der Waals surface area contributed by atoms with Gasteiger partial charge in [-0.1, -0.05) is 0 Å². The zero-order valence-corrected chi connectivity index (χ0v) is 7.57. The molecule has 0 aromatic carbocycles. The van der Waals surface area contributed by atoms with Crippen LogP contribution < -0.4 is 0 Å². The van der Waals surface area contributed by atoms with Gasteiger partial charge in [0, 0.05) is 12.2 Å². The van der Waals surface area contributed by atoms with Gasteiger partial charge in [0.1, 0.15) is 11.3 Å². The average molecular weight is 173 g/mol. The average Bonchev–Trinajstić information content (AvgIpc) is 2.88. The van der Waals surface area contributed by atoms with Crippen molar-refractivity contribution in [2.75, 3.05) is 0 Å². The quantitative estimate of drug-likeness (QED) is 0.661. The topological polar surface area (TPSA) is 30.7 Å². The molecule has 1 saturated carbocycles. The predicted octanol–water partition coefficient (Wildman–Crippen LogP) is 2.07. The van der Waals surface area contributed by atoms with E-state index in [0.29, 0.717) is 6.04 Å². The molecule has 2 aromatic heterocycles. The van der Waals surface area contributed by atoms with Crippen LogP contribution in [0.5, 0.6) is 0 Å². The molecule has 66 valence electrons. The van der Waals surface area contributed by atoms with Gasteiger partial charge in [0.05, 0.1) is 11.7 Å². The summed E-state index contributed by atoms with van der Waals surface area (Å²) in [7, 11) is 0. The minimum absolute atomic E-state index is 0.701. The number of hydrogen-bond donors (Lipinski definition) is 0. The maximum absolute atomic E-state index is 4.47. The molecule has 13 heavy (non-hydrogen) atoms. The minimum atomic E-state index is 0.701. The van der Waals surface area contributed by atoms with E-state index in [1.54, 1.807) is 0 Å². The molecule has 2 heterocycles. The molecule has 1 fully saturated rings. The molecule has 0 bridgehead atoms. The molecule has 0 aliphatic heterocycles. The van der Waals surface area contributed by atoms with Gasteiger partial charge >= 0.3 is 0 Å². The molecule has 2 aromatic rings. The second kappa shape index (κ2) is 2.31. The molecular weight excluding hydrogens is 162 g/mol. The summed E-state index contributed by atoms with van der Waals surface area (Å²) >= 11 is 0. The second-order valence-corrected chi connectivity index (χ2v) is 3.62. The van der Waals surface area contributed by atoms with E-state index in [9.17, 15) is 0 Å². The van der Waals surface area contributed by atoms with E-state index in [2.05, 4.69) is 21.5 Å². The lowest BCUT2D eigenvalue weighted by Gasteiger charge is -2.02. The van der Waals surface area contributed by atoms with Gasteiger partial charge in [0.15, 0.2) is 0 Å². The molecule has 3 nitrogen and oxygen atoms in total. The van der Waals surface area contributed by atoms with Crippen LogP contribution in [0.3, 0.4) is 0 Å². The number of nitrogens with zero attached hydrogens (tertiary/aromatic N) is 3. The smallest absolute Gasteiger partial charge is 0.107 e. The maximum atomic E-state index is 4.47. The zero-order valence-electron chi connectivity index (χ0n) is 7.57. The van der Waals surface area contributed by atoms with E-state index in [1.165, 1.54) is 18.4 Å². The van der Waals surface area contributed by atoms with Gasteiger partial charge < -0.3 is 4.57 Å². The maximum Gasteiger partial charge on any atom is 0.107 e. The molecule has 1 aliphatic carbocycles. The molecule has 0 saturated heterocycles. The fourth-order valence-electron chi connectivity index (χ4n) is 1.86. The number of hydrogen-bond acceptors (Lipinski definition) is 2. The number of imidazole rings is 1. The Morgan fingerprint density at radius 3 is 3.08 bits per heavy atom. The van der Waals surface area contributed by atoms with Crippen molar-refractivity contribution in [1.29, 1.82) is 0 Å². The van der Waals surface area contributed by atoms with Crippen LogP contribution >= 0.6 is 0 Å². The Hall–Kier alpha value is -1.38. The van der Waals surface area contributed by atoms with Crippen molar-refractivity contribution in [3.8, 4) is 0 Å². The number of aromatic nitrogens is 3. The predicted molar refractivity (Wildman–Crippen MR) is 50.5 cm³/mol. The van der Waals surface area contributed by atoms with Crippen LogP contribution in [0.4, 0.5) is 0 Å². The van der Waals surface area contributed by atoms with Crippen LogP contribution in [0, 0.1) is 6.92 Å². The van der Waals surface area contributed by atoms with Gasteiger partial charge in [-0.25, -0.2) is 4.98 Å². The Labute approximate surface area is 76.4 Å². The molecule has 3 rings (SSSR count). The standard InChI is InChI=1S/C10H11N3/c1-7-12-9-6-11-5-4-10(9)13(7)8-2-3-8/h4-6,8H,2-3H2,1H3. The fraction of sp³-hybridized carbons (Fsp3) is 0.400. The molecule has 0 amide bonds. The molecular formula is C10H11N3. The van der Waals surface area contributed by atoms with E-state index in [4.69, 9.17) is 0 Å². The number of fused-ring (bicyclic) bond motifs is 1. The number of rotatable bonds is 1. The van der Waals surface area contributed by atoms with Gasteiger partial charge in [-0.3, -0.25) is 4.98 Å². The number of aryl methyl sites for hydroxylation is 1. The zero-order chi connectivity index (χ0) is 8.84. The third-order valence-corrected chi connectivity index (χ3v) is 2.58. The van der Waals surface area contributed by atoms with Crippen LogP contribution in [0.1, 0.15) is 24.7 Å². The summed E-state index contributed by atoms with van der Waals surface area (Å²) in [6, 6.07) is 2.75. The van der Waals surface area contributed by atoms with E-state index >= 15 is 0 Å². The van der Waals surface area contributed by atoms with E-state index < -0.39 is 0 Å². The highest BCUT2D eigenvalue weighted by Crippen LogP contribution is 2.38. The lowest BCUT2D eigenvalue weighted by atomic mass is 10.4. The second-order valence-electron chi connectivity index (χ2n) is 3.62. The van der Waals surface area contributed by atoms with Crippen LogP contribution in [0.25, 0.3) is 11.0 Å². The van der Waals surface area contributed by atoms with Crippen LogP contribution in [0.2, 0.25) is 0 Å². The van der Waals surface area contributed by atoms with Crippen molar-refractivity contribution >= 4 is 11.0 Å². The van der Waals surface area contributed by atoms with Gasteiger partial charge in [-0.05, 0) is 25.8 Å². The van der Waals surface area contributed by atoms with E-state index in [0.717, 1.165) is 11.3 Å². The molecule has 3 heteroatoms. The van der Waals surface area contributed by atoms with Crippen molar-refractivity contribution in [1.82, 2.24) is 14.5 Å². The van der Waals surface area contributed by atoms with E-state index in [-0.39, 0.29) is 0 Å². The summed E-state index contributed by atoms with van der Waals surface area (Å²) in [5, 5.41) is 0. The van der Waals surface area contributed by atoms with Crippen molar-refractivity contribution in [2.45, 2.75) is 25.8 Å². The van der Waals surface area contributed by atoms with Crippen molar-refractivity contribution in [3.05, 3.63) is 24.3 Å². The Balaban J connectivity index is 2.35. The first-order valence-electron chi connectivity index (χ1n) is 4.65. The number of pyridine rings is 1. The summed E-state index contributed by atoms with van der Waals surface area (Å²) in [4.78, 5) is 8.55. The summed E-state index contributed by atoms with van der Waals surface area (Å²) in [6.45, 7) is 2.07. The Kier molecular flexibility index (Phi) is 1.26. The van der Waals surface area contributed by atoms with Crippen molar-refractivity contribution in [2.24, 2.45) is 0 Å². The Morgan fingerprint density at radius 1 is 1.46 bits per heavy atom. The lowest BCUT2D eigenvalue weighted by Crippen LogP contribution is -1.95. The summed E-state index contributed by atoms with van der Waals surface area (Å²) in [5.74, 6) is 1.12. The molecule has 0 N–H and O–H groups in total. The molecule has 0 atom stereocenters. The first-order valence-corrected chi connectivity index (χ1v) is 4.65. The monoisotopic (exact) mass is 173 g/mol. The van der Waals surface area contributed by atoms with Crippen LogP contribution in [0.15, 0.2) is 18.5 Å². The Bertz CT molecular complexity index is 454. The normalized spacial score (nSPS) is 16.7. The van der Waals surface area contributed by atoms with Crippen LogP contribution in [-0.4, -0.2) is 14.5 Å². The molecule has 0 spiro atoms. The molecule has 1 aliphatic rings. The SMILES string of the molecule is Cc1nc2cnccc2n1C1CC1. The highest BCUT2D eigenvalue weighted by atomic mass is 15.1. The van der Waals surface area contributed by atoms with Gasteiger partial charge in [0.25, 0.3) is 0 Å². The van der Waals surface area contributed by atoms with Gasteiger partial charge in [0.2, 0.25) is 0 Å². The molecule has 0 unspecified atom stereocenters. The lowest BCUT2D eigenvalue weighted by molar-refractivity contribution is 0.734. The van der Waals surface area contributed by atoms with Crippen molar-refractivity contribution < 1.29 is 0 Å². The Morgan fingerprint density at radius 2 is 2.31 bits per heavy atom. The highest BCUT2D eigenvalue weighted by molar-refractivity contribution is 5.74. The molecule has 0 radical (unpaired) electrons. The first-order chi connectivity index (χ1) is 6.36. The van der Waals surface area contributed by atoms with Crippen LogP contribution in [-0.2, 0) is 0 Å². The van der Waals surface area contributed by atoms with Gasteiger partial charge in [-0.15, -0.1) is 0 Å². The minimum Gasteiger partial charge on any atom is -0.325 e. The highest BCUT2D eigenvalue weighted by Gasteiger charge is 2.26. The van der Waals surface area contributed by atoms with Gasteiger partial charge in [-0.2, -0.15) is 0 Å². The largest absolute Gasteiger partial charge is 0.325 e. The first kappa shape index (κ1) is 7.06. The summed E-state index contributed by atoms with van der Waals surface area (Å²) in [5.41, 5.74) is 2.25. The summed E-state index contributed by atoms with van der Waals surface area (Å²) < 4.78 is 2.33. The fourth-order valence-corrected chi connectivity index (χ4v) is 1.86. The third kappa shape index (κ3) is 0.963. The third-order valence-electron chi connectivity index (χ3n) is 2.58. The summed E-state index contributed by atoms with van der Waals surface area (Å²) in [6.07, 6.45) is 6.27. The van der Waals surface area contributed by atoms with Crippen molar-refractivity contribution in [3.63, 3.8) is 0 Å². The van der Waals surface area contributed by atoms with E-state index in [1.807, 2.05) is 18.5 Å².